The second-order valence-corrected chi connectivity index (χ2v) is 4.88. The molecule has 0 aliphatic rings. The van der Waals surface area contributed by atoms with E-state index in [4.69, 9.17) is 4.74 Å². The Morgan fingerprint density at radius 1 is 1.10 bits per heavy atom. The van der Waals surface area contributed by atoms with E-state index in [1.807, 2.05) is 62.4 Å². The quantitative estimate of drug-likeness (QED) is 0.895. The Hall–Kier alpha value is -2.13. The van der Waals surface area contributed by atoms with E-state index in [2.05, 4.69) is 5.32 Å². The molecule has 2 aromatic rings. The molecule has 0 unspecified atom stereocenters. The molecule has 0 aromatic heterocycles. The van der Waals surface area contributed by atoms with Crippen molar-refractivity contribution in [3.8, 4) is 0 Å². The van der Waals surface area contributed by atoms with E-state index in [9.17, 15) is 4.79 Å². The molecule has 0 heterocycles. The van der Waals surface area contributed by atoms with Crippen LogP contribution in [-0.4, -0.2) is 12.0 Å². The Kier molecular flexibility index (Phi) is 4.91. The number of hydrogen-bond acceptors (Lipinski definition) is 2. The Labute approximate surface area is 119 Å². The molecule has 1 amide bonds. The average Bonchev–Trinajstić information content (AvgIpc) is 2.46. The maximum absolute atomic E-state index is 12.2. The lowest BCUT2D eigenvalue weighted by Crippen LogP contribution is -2.12. The summed E-state index contributed by atoms with van der Waals surface area (Å²) in [4.78, 5) is 12.2. The number of carbonyl (C=O) groups excluding carboxylic acids is 1. The molecule has 3 nitrogen and oxygen atoms in total. The van der Waals surface area contributed by atoms with Crippen molar-refractivity contribution in [2.75, 3.05) is 5.32 Å². The molecule has 0 aliphatic carbocycles. The minimum atomic E-state index is -0.109. The maximum atomic E-state index is 12.2. The molecule has 1 N–H and O–H groups in total. The van der Waals surface area contributed by atoms with E-state index in [0.717, 1.165) is 11.3 Å². The number of benzene rings is 2. The van der Waals surface area contributed by atoms with Crippen molar-refractivity contribution >= 4 is 11.6 Å². The van der Waals surface area contributed by atoms with Gasteiger partial charge in [0, 0.05) is 11.3 Å². The van der Waals surface area contributed by atoms with Gasteiger partial charge in [0.25, 0.3) is 5.91 Å². The molecule has 3 heteroatoms. The lowest BCUT2D eigenvalue weighted by molar-refractivity contribution is 0.0657. The zero-order valence-electron chi connectivity index (χ0n) is 11.8. The van der Waals surface area contributed by atoms with E-state index in [-0.39, 0.29) is 12.0 Å². The van der Waals surface area contributed by atoms with E-state index >= 15 is 0 Å². The van der Waals surface area contributed by atoms with E-state index in [0.29, 0.717) is 12.2 Å². The van der Waals surface area contributed by atoms with Gasteiger partial charge in [0.15, 0.2) is 0 Å². The monoisotopic (exact) mass is 269 g/mol. The van der Waals surface area contributed by atoms with Crippen LogP contribution in [0.15, 0.2) is 54.6 Å². The third-order valence-corrected chi connectivity index (χ3v) is 2.80. The van der Waals surface area contributed by atoms with Gasteiger partial charge in [-0.2, -0.15) is 0 Å². The molecule has 0 spiro atoms. The van der Waals surface area contributed by atoms with Crippen LogP contribution in [0, 0.1) is 0 Å². The molecule has 0 atom stereocenters. The second-order valence-electron chi connectivity index (χ2n) is 4.88. The average molecular weight is 269 g/mol. The molecule has 0 radical (unpaired) electrons. The third-order valence-electron chi connectivity index (χ3n) is 2.80. The largest absolute Gasteiger partial charge is 0.374 e. The maximum Gasteiger partial charge on any atom is 0.255 e. The highest BCUT2D eigenvalue weighted by molar-refractivity contribution is 6.04. The van der Waals surface area contributed by atoms with Crippen LogP contribution in [0.5, 0.6) is 0 Å². The van der Waals surface area contributed by atoms with Crippen LogP contribution >= 0.6 is 0 Å². The summed E-state index contributed by atoms with van der Waals surface area (Å²) in [5, 5.41) is 2.87. The first-order valence-corrected chi connectivity index (χ1v) is 6.72. The van der Waals surface area contributed by atoms with Gasteiger partial charge in [-0.15, -0.1) is 0 Å². The smallest absolute Gasteiger partial charge is 0.255 e. The first-order valence-electron chi connectivity index (χ1n) is 6.72. The van der Waals surface area contributed by atoms with Crippen LogP contribution in [-0.2, 0) is 11.3 Å². The minimum Gasteiger partial charge on any atom is -0.374 e. The molecule has 0 saturated heterocycles. The van der Waals surface area contributed by atoms with E-state index in [1.165, 1.54) is 0 Å². The van der Waals surface area contributed by atoms with Crippen LogP contribution in [0.2, 0.25) is 0 Å². The first-order chi connectivity index (χ1) is 9.65. The van der Waals surface area contributed by atoms with Crippen molar-refractivity contribution < 1.29 is 9.53 Å². The van der Waals surface area contributed by atoms with Gasteiger partial charge in [-0.05, 0) is 43.7 Å². The molecular formula is C17H19NO2. The number of ether oxygens (including phenoxy) is 1. The minimum absolute atomic E-state index is 0.109. The molecule has 104 valence electrons. The molecular weight excluding hydrogens is 250 g/mol. The van der Waals surface area contributed by atoms with Crippen LogP contribution < -0.4 is 5.32 Å². The van der Waals surface area contributed by atoms with Gasteiger partial charge in [-0.1, -0.05) is 30.3 Å². The number of para-hydroxylation sites is 1. The number of amides is 1. The fraction of sp³-hybridized carbons (Fsp3) is 0.235. The molecule has 2 rings (SSSR count). The summed E-state index contributed by atoms with van der Waals surface area (Å²) in [7, 11) is 0. The second kappa shape index (κ2) is 6.87. The van der Waals surface area contributed by atoms with Gasteiger partial charge < -0.3 is 10.1 Å². The van der Waals surface area contributed by atoms with Gasteiger partial charge in [0.1, 0.15) is 0 Å². The summed E-state index contributed by atoms with van der Waals surface area (Å²) in [6.45, 7) is 4.50. The predicted octanol–water partition coefficient (Wildman–Crippen LogP) is 3.86. The Morgan fingerprint density at radius 3 is 2.55 bits per heavy atom. The lowest BCUT2D eigenvalue weighted by atomic mass is 10.1. The van der Waals surface area contributed by atoms with Gasteiger partial charge in [-0.25, -0.2) is 0 Å². The zero-order valence-corrected chi connectivity index (χ0v) is 11.8. The molecule has 0 bridgehead atoms. The van der Waals surface area contributed by atoms with E-state index < -0.39 is 0 Å². The Balaban J connectivity index is 2.04. The number of nitrogens with one attached hydrogen (secondary N) is 1. The third kappa shape index (κ3) is 4.21. The summed E-state index contributed by atoms with van der Waals surface area (Å²) in [6.07, 6.45) is 0.178. The summed E-state index contributed by atoms with van der Waals surface area (Å²) in [5.74, 6) is -0.109. The molecule has 0 saturated carbocycles. The molecule has 0 aliphatic heterocycles. The molecule has 20 heavy (non-hydrogen) atoms. The zero-order chi connectivity index (χ0) is 14.4. The Morgan fingerprint density at radius 2 is 1.85 bits per heavy atom. The van der Waals surface area contributed by atoms with Crippen molar-refractivity contribution in [2.24, 2.45) is 0 Å². The number of rotatable bonds is 5. The van der Waals surface area contributed by atoms with E-state index in [1.54, 1.807) is 6.07 Å². The molecule has 0 fully saturated rings. The Bertz CT molecular complexity index is 564. The predicted molar refractivity (Wildman–Crippen MR) is 80.8 cm³/mol. The van der Waals surface area contributed by atoms with Crippen molar-refractivity contribution in [3.05, 3.63) is 65.7 Å². The SMILES string of the molecule is CC(C)OCc1cccc(C(=O)Nc2ccccc2)c1. The standard InChI is InChI=1S/C17H19NO2/c1-13(2)20-12-14-7-6-8-15(11-14)17(19)18-16-9-4-3-5-10-16/h3-11,13H,12H2,1-2H3,(H,18,19). The highest BCUT2D eigenvalue weighted by Gasteiger charge is 2.07. The topological polar surface area (TPSA) is 38.3 Å². The van der Waals surface area contributed by atoms with Crippen molar-refractivity contribution in [1.82, 2.24) is 0 Å². The number of carbonyl (C=O) groups is 1. The van der Waals surface area contributed by atoms with Crippen molar-refractivity contribution in [3.63, 3.8) is 0 Å². The lowest BCUT2D eigenvalue weighted by Gasteiger charge is -2.09. The normalized spacial score (nSPS) is 10.6. The van der Waals surface area contributed by atoms with Gasteiger partial charge in [0.05, 0.1) is 12.7 Å². The first kappa shape index (κ1) is 14.3. The summed E-state index contributed by atoms with van der Waals surface area (Å²) >= 11 is 0. The van der Waals surface area contributed by atoms with Crippen LogP contribution in [0.1, 0.15) is 29.8 Å². The highest BCUT2D eigenvalue weighted by atomic mass is 16.5. The summed E-state index contributed by atoms with van der Waals surface area (Å²) in [5.41, 5.74) is 2.43. The van der Waals surface area contributed by atoms with Crippen LogP contribution in [0.4, 0.5) is 5.69 Å². The highest BCUT2D eigenvalue weighted by Crippen LogP contribution is 2.11. The van der Waals surface area contributed by atoms with Gasteiger partial charge >= 0.3 is 0 Å². The van der Waals surface area contributed by atoms with Crippen LogP contribution in [0.3, 0.4) is 0 Å². The van der Waals surface area contributed by atoms with Crippen molar-refractivity contribution in [1.29, 1.82) is 0 Å². The van der Waals surface area contributed by atoms with Crippen molar-refractivity contribution in [2.45, 2.75) is 26.6 Å². The fourth-order valence-corrected chi connectivity index (χ4v) is 1.79. The summed E-state index contributed by atoms with van der Waals surface area (Å²) in [6, 6.07) is 16.9. The number of anilines is 1. The van der Waals surface area contributed by atoms with Gasteiger partial charge in [-0.3, -0.25) is 4.79 Å². The summed E-state index contributed by atoms with van der Waals surface area (Å²) < 4.78 is 5.55. The number of hydrogen-bond donors (Lipinski definition) is 1. The fourth-order valence-electron chi connectivity index (χ4n) is 1.79. The van der Waals surface area contributed by atoms with Crippen LogP contribution in [0.25, 0.3) is 0 Å². The van der Waals surface area contributed by atoms with Gasteiger partial charge in [0.2, 0.25) is 0 Å². The molecule has 2 aromatic carbocycles.